The predicted molar refractivity (Wildman–Crippen MR) is 59.8 cm³/mol. The molecule has 0 aliphatic rings. The van der Waals surface area contributed by atoms with Crippen LogP contribution in [0, 0.1) is 0 Å². The molecule has 3 heteroatoms. The van der Waals surface area contributed by atoms with Crippen LogP contribution in [0.1, 0.15) is 26.3 Å². The van der Waals surface area contributed by atoms with Gasteiger partial charge in [0, 0.05) is 5.54 Å². The van der Waals surface area contributed by atoms with Crippen molar-refractivity contribution in [2.45, 2.75) is 26.3 Å². The fourth-order valence-corrected chi connectivity index (χ4v) is 1.34. The Morgan fingerprint density at radius 2 is 2.07 bits per heavy atom. The topological polar surface area (TPSA) is 35.2 Å². The van der Waals surface area contributed by atoms with Gasteiger partial charge < -0.3 is 10.5 Å². The van der Waals surface area contributed by atoms with E-state index < -0.39 is 0 Å². The quantitative estimate of drug-likeness (QED) is 0.838. The Morgan fingerprint density at radius 3 is 2.57 bits per heavy atom. The van der Waals surface area contributed by atoms with Crippen LogP contribution in [0.5, 0.6) is 5.75 Å². The highest BCUT2D eigenvalue weighted by Gasteiger charge is 2.15. The van der Waals surface area contributed by atoms with Crippen molar-refractivity contribution < 1.29 is 4.74 Å². The fraction of sp³-hybridized carbons (Fsp3) is 0.455. The molecule has 0 amide bonds. The van der Waals surface area contributed by atoms with Crippen molar-refractivity contribution in [1.29, 1.82) is 0 Å². The zero-order valence-corrected chi connectivity index (χ0v) is 9.56. The van der Waals surface area contributed by atoms with E-state index in [9.17, 15) is 0 Å². The van der Waals surface area contributed by atoms with Crippen LogP contribution in [0.4, 0.5) is 0 Å². The summed E-state index contributed by atoms with van der Waals surface area (Å²) in [6.45, 7) is 6.43. The Hall–Kier alpha value is -0.730. The maximum absolute atomic E-state index is 5.97. The summed E-state index contributed by atoms with van der Waals surface area (Å²) in [5.41, 5.74) is 6.63. The van der Waals surface area contributed by atoms with Crippen LogP contribution in [0.3, 0.4) is 0 Å². The highest BCUT2D eigenvalue weighted by molar-refractivity contribution is 6.32. The normalized spacial score (nSPS) is 11.5. The molecular formula is C11H16ClNO. The molecule has 1 aromatic carbocycles. The molecule has 14 heavy (non-hydrogen) atoms. The number of hydrogen-bond acceptors (Lipinski definition) is 2. The summed E-state index contributed by atoms with van der Waals surface area (Å²) in [7, 11) is 0. The van der Waals surface area contributed by atoms with Gasteiger partial charge >= 0.3 is 0 Å². The second-order valence-electron chi connectivity index (χ2n) is 3.80. The summed E-state index contributed by atoms with van der Waals surface area (Å²) in [6.07, 6.45) is 0. The molecule has 0 bridgehead atoms. The van der Waals surface area contributed by atoms with Gasteiger partial charge in [-0.15, -0.1) is 0 Å². The third-order valence-electron chi connectivity index (χ3n) is 1.98. The first-order valence-electron chi connectivity index (χ1n) is 4.67. The van der Waals surface area contributed by atoms with Gasteiger partial charge in [0.1, 0.15) is 5.75 Å². The molecule has 0 saturated heterocycles. The first-order chi connectivity index (χ1) is 6.45. The lowest BCUT2D eigenvalue weighted by molar-refractivity contribution is 0.339. The molecule has 0 fully saturated rings. The molecule has 0 heterocycles. The van der Waals surface area contributed by atoms with E-state index in [1.165, 1.54) is 0 Å². The monoisotopic (exact) mass is 213 g/mol. The molecule has 0 saturated carbocycles. The Bertz CT molecular complexity index is 318. The number of rotatable bonds is 3. The SMILES string of the molecule is CCOc1cc(C(C)(C)N)ccc1Cl. The Morgan fingerprint density at radius 1 is 1.43 bits per heavy atom. The number of benzene rings is 1. The van der Waals surface area contributed by atoms with Crippen LogP contribution < -0.4 is 10.5 Å². The van der Waals surface area contributed by atoms with E-state index in [-0.39, 0.29) is 5.54 Å². The minimum Gasteiger partial charge on any atom is -0.492 e. The molecule has 0 aliphatic heterocycles. The van der Waals surface area contributed by atoms with Gasteiger partial charge in [-0.05, 0) is 38.5 Å². The minimum absolute atomic E-state index is 0.365. The smallest absolute Gasteiger partial charge is 0.138 e. The van der Waals surface area contributed by atoms with Crippen molar-refractivity contribution in [3.8, 4) is 5.75 Å². The Labute approximate surface area is 90.0 Å². The Kier molecular flexibility index (Phi) is 3.40. The zero-order chi connectivity index (χ0) is 10.8. The average Bonchev–Trinajstić information content (AvgIpc) is 2.07. The molecule has 1 rings (SSSR count). The maximum atomic E-state index is 5.97. The van der Waals surface area contributed by atoms with E-state index in [4.69, 9.17) is 22.1 Å². The van der Waals surface area contributed by atoms with Crippen LogP contribution in [-0.2, 0) is 5.54 Å². The van der Waals surface area contributed by atoms with Gasteiger partial charge in [0.2, 0.25) is 0 Å². The van der Waals surface area contributed by atoms with Crippen molar-refractivity contribution in [2.75, 3.05) is 6.61 Å². The van der Waals surface area contributed by atoms with Gasteiger partial charge in [0.25, 0.3) is 0 Å². The van der Waals surface area contributed by atoms with Gasteiger partial charge in [-0.2, -0.15) is 0 Å². The van der Waals surface area contributed by atoms with Gasteiger partial charge in [0.15, 0.2) is 0 Å². The summed E-state index contributed by atoms with van der Waals surface area (Å²) in [5.74, 6) is 0.699. The van der Waals surface area contributed by atoms with E-state index in [0.29, 0.717) is 17.4 Å². The lowest BCUT2D eigenvalue weighted by Gasteiger charge is -2.20. The molecule has 0 atom stereocenters. The molecule has 78 valence electrons. The van der Waals surface area contributed by atoms with Crippen LogP contribution in [0.15, 0.2) is 18.2 Å². The standard InChI is InChI=1S/C11H16ClNO/c1-4-14-10-7-8(11(2,3)13)5-6-9(10)12/h5-7H,4,13H2,1-3H3. The van der Waals surface area contributed by atoms with Gasteiger partial charge in [-0.25, -0.2) is 0 Å². The number of ether oxygens (including phenoxy) is 1. The van der Waals surface area contributed by atoms with Crippen LogP contribution in [0.2, 0.25) is 5.02 Å². The minimum atomic E-state index is -0.365. The third kappa shape index (κ3) is 2.63. The van der Waals surface area contributed by atoms with E-state index >= 15 is 0 Å². The molecular weight excluding hydrogens is 198 g/mol. The first-order valence-corrected chi connectivity index (χ1v) is 5.04. The van der Waals surface area contributed by atoms with E-state index in [1.807, 2.05) is 39.0 Å². The molecule has 0 spiro atoms. The number of nitrogens with two attached hydrogens (primary N) is 1. The average molecular weight is 214 g/mol. The molecule has 0 aliphatic carbocycles. The highest BCUT2D eigenvalue weighted by Crippen LogP contribution is 2.29. The molecule has 2 N–H and O–H groups in total. The summed E-state index contributed by atoms with van der Waals surface area (Å²) in [5, 5.41) is 0.625. The van der Waals surface area contributed by atoms with E-state index in [0.717, 1.165) is 5.56 Å². The summed E-state index contributed by atoms with van der Waals surface area (Å²) in [6, 6.07) is 5.63. The second kappa shape index (κ2) is 4.20. The summed E-state index contributed by atoms with van der Waals surface area (Å²) < 4.78 is 5.38. The van der Waals surface area contributed by atoms with Crippen LogP contribution in [0.25, 0.3) is 0 Å². The van der Waals surface area contributed by atoms with E-state index in [1.54, 1.807) is 0 Å². The second-order valence-corrected chi connectivity index (χ2v) is 4.21. The summed E-state index contributed by atoms with van der Waals surface area (Å²) in [4.78, 5) is 0. The molecule has 0 radical (unpaired) electrons. The van der Waals surface area contributed by atoms with Gasteiger partial charge in [-0.3, -0.25) is 0 Å². The molecule has 0 aromatic heterocycles. The number of hydrogen-bond donors (Lipinski definition) is 1. The van der Waals surface area contributed by atoms with Crippen molar-refractivity contribution in [1.82, 2.24) is 0 Å². The van der Waals surface area contributed by atoms with Crippen molar-refractivity contribution in [2.24, 2.45) is 5.73 Å². The molecule has 0 unspecified atom stereocenters. The lowest BCUT2D eigenvalue weighted by atomic mass is 9.96. The van der Waals surface area contributed by atoms with E-state index in [2.05, 4.69) is 0 Å². The lowest BCUT2D eigenvalue weighted by Crippen LogP contribution is -2.28. The Balaban J connectivity index is 3.06. The van der Waals surface area contributed by atoms with Crippen molar-refractivity contribution in [3.63, 3.8) is 0 Å². The molecule has 2 nitrogen and oxygen atoms in total. The van der Waals surface area contributed by atoms with Gasteiger partial charge in [0.05, 0.1) is 11.6 Å². The number of halogens is 1. The van der Waals surface area contributed by atoms with Crippen molar-refractivity contribution >= 4 is 11.6 Å². The zero-order valence-electron chi connectivity index (χ0n) is 8.80. The first kappa shape index (κ1) is 11.3. The van der Waals surface area contributed by atoms with Crippen LogP contribution >= 0.6 is 11.6 Å². The molecule has 1 aromatic rings. The predicted octanol–water partition coefficient (Wildman–Crippen LogP) is 2.93. The largest absolute Gasteiger partial charge is 0.492 e. The third-order valence-corrected chi connectivity index (χ3v) is 2.29. The van der Waals surface area contributed by atoms with Crippen LogP contribution in [-0.4, -0.2) is 6.61 Å². The maximum Gasteiger partial charge on any atom is 0.138 e. The van der Waals surface area contributed by atoms with Gasteiger partial charge in [-0.1, -0.05) is 17.7 Å². The highest BCUT2D eigenvalue weighted by atomic mass is 35.5. The van der Waals surface area contributed by atoms with Crippen molar-refractivity contribution in [3.05, 3.63) is 28.8 Å². The fourth-order valence-electron chi connectivity index (χ4n) is 1.17. The summed E-state index contributed by atoms with van der Waals surface area (Å²) >= 11 is 5.96.